The van der Waals surface area contributed by atoms with Crippen molar-refractivity contribution >= 4 is 33.5 Å². The van der Waals surface area contributed by atoms with Crippen LogP contribution >= 0.6 is 0 Å². The number of nitrogens with one attached hydrogen (secondary N) is 1. The molecule has 31 heavy (non-hydrogen) atoms. The topological polar surface area (TPSA) is 81.7 Å². The number of furan rings is 1. The molecular formula is C25H17NO5. The molecule has 1 N–H and O–H groups in total. The Kier molecular flexibility index (Phi) is 4.52. The summed E-state index contributed by atoms with van der Waals surface area (Å²) in [7, 11) is 1.57. The number of carbonyl (C=O) groups is 1. The van der Waals surface area contributed by atoms with Crippen LogP contribution in [-0.4, -0.2) is 13.0 Å². The normalized spacial score (nSPS) is 11.0. The van der Waals surface area contributed by atoms with E-state index in [9.17, 15) is 9.59 Å². The summed E-state index contributed by atoms with van der Waals surface area (Å²) in [5.74, 6) is 0.608. The maximum atomic E-state index is 12.9. The maximum Gasteiger partial charge on any atom is 0.349 e. The van der Waals surface area contributed by atoms with E-state index in [0.29, 0.717) is 39.2 Å². The molecule has 0 aliphatic heterocycles. The molecule has 152 valence electrons. The summed E-state index contributed by atoms with van der Waals surface area (Å²) in [5.41, 5.74) is 1.55. The van der Waals surface area contributed by atoms with Crippen molar-refractivity contribution in [3.8, 4) is 17.1 Å². The Bertz CT molecular complexity index is 1480. The third-order valence-electron chi connectivity index (χ3n) is 5.05. The number of para-hydroxylation sites is 1. The van der Waals surface area contributed by atoms with Gasteiger partial charge in [-0.15, -0.1) is 0 Å². The monoisotopic (exact) mass is 411 g/mol. The van der Waals surface area contributed by atoms with Gasteiger partial charge in [-0.1, -0.05) is 42.5 Å². The fourth-order valence-corrected chi connectivity index (χ4v) is 3.57. The molecule has 0 saturated heterocycles. The molecule has 0 atom stereocenters. The van der Waals surface area contributed by atoms with Crippen LogP contribution in [0.4, 0.5) is 5.69 Å². The minimum Gasteiger partial charge on any atom is -0.497 e. The number of hydrogen-bond acceptors (Lipinski definition) is 5. The molecular weight excluding hydrogens is 394 g/mol. The van der Waals surface area contributed by atoms with E-state index >= 15 is 0 Å². The highest BCUT2D eigenvalue weighted by Gasteiger charge is 2.24. The third-order valence-corrected chi connectivity index (χ3v) is 5.05. The number of ether oxygens (including phenoxy) is 1. The summed E-state index contributed by atoms with van der Waals surface area (Å²) < 4.78 is 17.0. The summed E-state index contributed by atoms with van der Waals surface area (Å²) in [5, 5.41) is 3.68. The summed E-state index contributed by atoms with van der Waals surface area (Å²) in [6.07, 6.45) is 0. The molecule has 1 amide bonds. The van der Waals surface area contributed by atoms with E-state index in [1.54, 1.807) is 55.6 Å². The van der Waals surface area contributed by atoms with Gasteiger partial charge >= 0.3 is 5.63 Å². The number of anilines is 1. The minimum atomic E-state index is -0.588. The molecule has 2 aromatic heterocycles. The highest BCUT2D eigenvalue weighted by molar-refractivity contribution is 6.15. The van der Waals surface area contributed by atoms with Gasteiger partial charge in [-0.2, -0.15) is 0 Å². The Morgan fingerprint density at radius 3 is 2.48 bits per heavy atom. The molecule has 0 saturated carbocycles. The highest BCUT2D eigenvalue weighted by Crippen LogP contribution is 2.40. The first-order chi connectivity index (χ1) is 15.2. The number of rotatable bonds is 4. The number of carbonyl (C=O) groups excluding carboxylic acids is 1. The average molecular weight is 411 g/mol. The quantitative estimate of drug-likeness (QED) is 0.397. The van der Waals surface area contributed by atoms with Gasteiger partial charge in [0.1, 0.15) is 22.4 Å². The number of fused-ring (bicyclic) bond motifs is 3. The second-order valence-corrected chi connectivity index (χ2v) is 6.95. The molecule has 0 bridgehead atoms. The first-order valence-corrected chi connectivity index (χ1v) is 9.65. The summed E-state index contributed by atoms with van der Waals surface area (Å²) in [6, 6.07) is 23.1. The largest absolute Gasteiger partial charge is 0.497 e. The lowest BCUT2D eigenvalue weighted by Gasteiger charge is -2.07. The lowest BCUT2D eigenvalue weighted by Crippen LogP contribution is -2.13. The molecule has 6 nitrogen and oxygen atoms in total. The maximum absolute atomic E-state index is 12.9. The first-order valence-electron chi connectivity index (χ1n) is 9.65. The van der Waals surface area contributed by atoms with E-state index < -0.39 is 5.63 Å². The van der Waals surface area contributed by atoms with Crippen molar-refractivity contribution in [2.75, 3.05) is 12.4 Å². The van der Waals surface area contributed by atoms with Gasteiger partial charge in [0.25, 0.3) is 5.91 Å². The van der Waals surface area contributed by atoms with Gasteiger partial charge in [0.15, 0.2) is 11.3 Å². The highest BCUT2D eigenvalue weighted by atomic mass is 16.5. The SMILES string of the molecule is COc1cccc(-c2oc3c(c2NC(=O)c2ccccc2)c(=O)oc2ccccc23)c1. The Labute approximate surface area is 176 Å². The van der Waals surface area contributed by atoms with Crippen molar-refractivity contribution < 1.29 is 18.4 Å². The predicted molar refractivity (Wildman–Crippen MR) is 119 cm³/mol. The zero-order chi connectivity index (χ0) is 21.4. The van der Waals surface area contributed by atoms with Gasteiger partial charge in [0.2, 0.25) is 0 Å². The van der Waals surface area contributed by atoms with Crippen molar-refractivity contribution in [3.05, 3.63) is 94.8 Å². The van der Waals surface area contributed by atoms with Crippen LogP contribution in [0.2, 0.25) is 0 Å². The van der Waals surface area contributed by atoms with Gasteiger partial charge < -0.3 is 18.9 Å². The molecule has 5 aromatic rings. The number of methoxy groups -OCH3 is 1. The van der Waals surface area contributed by atoms with Gasteiger partial charge in [-0.25, -0.2) is 4.79 Å². The number of amides is 1. The third kappa shape index (κ3) is 3.24. The van der Waals surface area contributed by atoms with Crippen LogP contribution in [0.5, 0.6) is 5.75 Å². The second kappa shape index (κ2) is 7.50. The molecule has 0 aliphatic carbocycles. The fraction of sp³-hybridized carbons (Fsp3) is 0.0400. The van der Waals surface area contributed by atoms with Gasteiger partial charge in [-0.05, 0) is 36.4 Å². The Morgan fingerprint density at radius 2 is 1.68 bits per heavy atom. The summed E-state index contributed by atoms with van der Waals surface area (Å²) >= 11 is 0. The zero-order valence-electron chi connectivity index (χ0n) is 16.5. The number of benzene rings is 3. The molecule has 0 unspecified atom stereocenters. The van der Waals surface area contributed by atoms with Crippen LogP contribution in [-0.2, 0) is 0 Å². The second-order valence-electron chi connectivity index (χ2n) is 6.95. The van der Waals surface area contributed by atoms with Crippen molar-refractivity contribution in [1.82, 2.24) is 0 Å². The van der Waals surface area contributed by atoms with Gasteiger partial charge in [0.05, 0.1) is 12.5 Å². The standard InChI is InChI=1S/C25H17NO5/c1-29-17-11-7-10-16(14-17)22-21(26-24(27)15-8-3-2-4-9-15)20-23(31-22)18-12-5-6-13-19(18)30-25(20)28/h2-14H,1H3,(H,26,27). The van der Waals surface area contributed by atoms with E-state index in [0.717, 1.165) is 0 Å². The van der Waals surface area contributed by atoms with Crippen molar-refractivity contribution in [2.45, 2.75) is 0 Å². The first kappa shape index (κ1) is 18.7. The van der Waals surface area contributed by atoms with E-state index in [1.807, 2.05) is 30.3 Å². The zero-order valence-corrected chi connectivity index (χ0v) is 16.5. The smallest absolute Gasteiger partial charge is 0.349 e. The molecule has 0 aliphatic rings. The molecule has 0 radical (unpaired) electrons. The van der Waals surface area contributed by atoms with Crippen LogP contribution < -0.4 is 15.7 Å². The molecule has 6 heteroatoms. The average Bonchev–Trinajstić information content (AvgIpc) is 3.20. The molecule has 0 fully saturated rings. The van der Waals surface area contributed by atoms with Crippen molar-refractivity contribution in [1.29, 1.82) is 0 Å². The molecule has 3 aromatic carbocycles. The Morgan fingerprint density at radius 1 is 0.903 bits per heavy atom. The van der Waals surface area contributed by atoms with E-state index in [1.165, 1.54) is 0 Å². The minimum absolute atomic E-state index is 0.181. The lowest BCUT2D eigenvalue weighted by molar-refractivity contribution is 0.102. The fourth-order valence-electron chi connectivity index (χ4n) is 3.57. The molecule has 2 heterocycles. The van der Waals surface area contributed by atoms with E-state index in [4.69, 9.17) is 13.6 Å². The van der Waals surface area contributed by atoms with E-state index in [2.05, 4.69) is 5.32 Å². The molecule has 5 rings (SSSR count). The van der Waals surface area contributed by atoms with Crippen molar-refractivity contribution in [2.24, 2.45) is 0 Å². The van der Waals surface area contributed by atoms with Crippen LogP contribution in [0.1, 0.15) is 10.4 Å². The van der Waals surface area contributed by atoms with Crippen LogP contribution in [0.15, 0.2) is 92.5 Å². The number of hydrogen-bond donors (Lipinski definition) is 1. The van der Waals surface area contributed by atoms with Gasteiger partial charge in [0, 0.05) is 11.1 Å². The predicted octanol–water partition coefficient (Wildman–Crippen LogP) is 5.47. The van der Waals surface area contributed by atoms with Crippen LogP contribution in [0, 0.1) is 0 Å². The summed E-state index contributed by atoms with van der Waals surface area (Å²) in [4.78, 5) is 25.8. The Balaban J connectivity index is 1.79. The van der Waals surface area contributed by atoms with Crippen LogP contribution in [0.3, 0.4) is 0 Å². The Hall–Kier alpha value is -4.32. The summed E-state index contributed by atoms with van der Waals surface area (Å²) in [6.45, 7) is 0. The van der Waals surface area contributed by atoms with Gasteiger partial charge in [-0.3, -0.25) is 4.79 Å². The van der Waals surface area contributed by atoms with Crippen LogP contribution in [0.25, 0.3) is 33.3 Å². The molecule has 0 spiro atoms. The van der Waals surface area contributed by atoms with E-state index in [-0.39, 0.29) is 17.0 Å². The van der Waals surface area contributed by atoms with Crippen molar-refractivity contribution in [3.63, 3.8) is 0 Å². The lowest BCUT2D eigenvalue weighted by atomic mass is 10.1.